The van der Waals surface area contributed by atoms with E-state index >= 15 is 0 Å². The molecule has 3 rings (SSSR count). The number of carbonyl (C=O) groups excluding carboxylic acids is 1. The van der Waals surface area contributed by atoms with Crippen molar-refractivity contribution in [3.63, 3.8) is 0 Å². The molecule has 3 nitrogen and oxygen atoms in total. The minimum absolute atomic E-state index is 0.0750. The summed E-state index contributed by atoms with van der Waals surface area (Å²) in [5, 5.41) is 3.96. The standard InChI is InChI=1S/C10H8N2OS2/c1-5-11-6-2-3-7-9(10(6)15-5)12-8(13)4-14-7/h2-3H,4H2,1H3,(H,12,13). The maximum atomic E-state index is 11.3. The lowest BCUT2D eigenvalue weighted by Gasteiger charge is -2.15. The van der Waals surface area contributed by atoms with E-state index in [-0.39, 0.29) is 5.91 Å². The average molecular weight is 236 g/mol. The highest BCUT2D eigenvalue weighted by Crippen LogP contribution is 2.39. The van der Waals surface area contributed by atoms with Crippen molar-refractivity contribution in [2.24, 2.45) is 0 Å². The van der Waals surface area contributed by atoms with Crippen LogP contribution < -0.4 is 5.32 Å². The molecule has 0 saturated carbocycles. The lowest BCUT2D eigenvalue weighted by atomic mass is 10.3. The number of carbonyl (C=O) groups is 1. The second kappa shape index (κ2) is 3.21. The van der Waals surface area contributed by atoms with Crippen molar-refractivity contribution in [3.05, 3.63) is 17.1 Å². The Morgan fingerprint density at radius 3 is 3.20 bits per heavy atom. The number of hydrogen-bond acceptors (Lipinski definition) is 4. The molecule has 1 amide bonds. The second-order valence-electron chi connectivity index (χ2n) is 3.36. The molecule has 0 radical (unpaired) electrons. The number of thiazole rings is 1. The van der Waals surface area contributed by atoms with Crippen LogP contribution in [0.2, 0.25) is 0 Å². The maximum absolute atomic E-state index is 11.3. The third-order valence-corrected chi connectivity index (χ3v) is 4.31. The Labute approximate surface area is 94.9 Å². The molecular weight excluding hydrogens is 228 g/mol. The van der Waals surface area contributed by atoms with E-state index in [1.807, 2.05) is 19.1 Å². The predicted octanol–water partition coefficient (Wildman–Crippen LogP) is 2.65. The SMILES string of the molecule is Cc1nc2ccc3c(c2s1)NC(=O)CS3. The molecule has 0 bridgehead atoms. The topological polar surface area (TPSA) is 42.0 Å². The van der Waals surface area contributed by atoms with Gasteiger partial charge >= 0.3 is 0 Å². The van der Waals surface area contributed by atoms with Gasteiger partial charge in [-0.3, -0.25) is 4.79 Å². The summed E-state index contributed by atoms with van der Waals surface area (Å²) in [6, 6.07) is 4.04. The first kappa shape index (κ1) is 9.18. The number of anilines is 1. The number of nitrogens with one attached hydrogen (secondary N) is 1. The quantitative estimate of drug-likeness (QED) is 0.764. The summed E-state index contributed by atoms with van der Waals surface area (Å²) in [5.41, 5.74) is 1.92. The van der Waals surface area contributed by atoms with Crippen molar-refractivity contribution in [3.8, 4) is 0 Å². The fraction of sp³-hybridized carbons (Fsp3) is 0.200. The van der Waals surface area contributed by atoms with Gasteiger partial charge in [0.05, 0.1) is 26.7 Å². The van der Waals surface area contributed by atoms with Gasteiger partial charge in [-0.15, -0.1) is 23.1 Å². The van der Waals surface area contributed by atoms with Gasteiger partial charge in [0, 0.05) is 4.90 Å². The molecule has 1 aliphatic rings. The third kappa shape index (κ3) is 1.42. The number of aromatic nitrogens is 1. The first-order valence-corrected chi connectivity index (χ1v) is 6.37. The van der Waals surface area contributed by atoms with Crippen LogP contribution in [0.1, 0.15) is 5.01 Å². The summed E-state index contributed by atoms with van der Waals surface area (Å²) < 4.78 is 1.09. The van der Waals surface area contributed by atoms with E-state index < -0.39 is 0 Å². The zero-order chi connectivity index (χ0) is 10.4. The van der Waals surface area contributed by atoms with Crippen molar-refractivity contribution >= 4 is 44.9 Å². The Kier molecular flexibility index (Phi) is 1.97. The molecule has 0 saturated heterocycles. The molecule has 1 aliphatic heterocycles. The molecule has 0 aliphatic carbocycles. The fourth-order valence-electron chi connectivity index (χ4n) is 1.64. The van der Waals surface area contributed by atoms with Gasteiger partial charge in [-0.2, -0.15) is 0 Å². The minimum Gasteiger partial charge on any atom is -0.323 e. The first-order chi connectivity index (χ1) is 7.24. The highest BCUT2D eigenvalue weighted by molar-refractivity contribution is 8.00. The summed E-state index contributed by atoms with van der Waals surface area (Å²) in [6.45, 7) is 1.98. The Balaban J connectivity index is 2.31. The summed E-state index contributed by atoms with van der Waals surface area (Å²) in [4.78, 5) is 16.9. The molecule has 15 heavy (non-hydrogen) atoms. The van der Waals surface area contributed by atoms with Gasteiger partial charge in [-0.1, -0.05) is 0 Å². The third-order valence-electron chi connectivity index (χ3n) is 2.25. The molecule has 1 aromatic carbocycles. The average Bonchev–Trinajstić information content (AvgIpc) is 2.58. The van der Waals surface area contributed by atoms with Crippen LogP contribution in [0.3, 0.4) is 0 Å². The lowest BCUT2D eigenvalue weighted by molar-refractivity contribution is -0.113. The zero-order valence-corrected chi connectivity index (χ0v) is 9.67. The molecule has 0 unspecified atom stereocenters. The zero-order valence-electron chi connectivity index (χ0n) is 8.03. The van der Waals surface area contributed by atoms with Crippen LogP contribution in [-0.4, -0.2) is 16.6 Å². The Hall–Kier alpha value is -1.07. The molecule has 1 aromatic heterocycles. The van der Waals surface area contributed by atoms with Crippen molar-refractivity contribution in [1.29, 1.82) is 0 Å². The smallest absolute Gasteiger partial charge is 0.234 e. The second-order valence-corrected chi connectivity index (χ2v) is 5.58. The van der Waals surface area contributed by atoms with Crippen LogP contribution in [0, 0.1) is 6.92 Å². The van der Waals surface area contributed by atoms with Crippen molar-refractivity contribution in [2.45, 2.75) is 11.8 Å². The number of benzene rings is 1. The van der Waals surface area contributed by atoms with Gasteiger partial charge in [-0.05, 0) is 19.1 Å². The number of rotatable bonds is 0. The molecule has 2 aromatic rings. The predicted molar refractivity (Wildman–Crippen MR) is 63.7 cm³/mol. The van der Waals surface area contributed by atoms with E-state index in [1.165, 1.54) is 0 Å². The highest BCUT2D eigenvalue weighted by atomic mass is 32.2. The van der Waals surface area contributed by atoms with Crippen LogP contribution in [0.25, 0.3) is 10.2 Å². The van der Waals surface area contributed by atoms with Gasteiger partial charge in [0.15, 0.2) is 0 Å². The number of aryl methyl sites for hydroxylation is 1. The Morgan fingerprint density at radius 1 is 1.47 bits per heavy atom. The van der Waals surface area contributed by atoms with Gasteiger partial charge < -0.3 is 5.32 Å². The molecule has 76 valence electrons. The normalized spacial score (nSPS) is 15.1. The van der Waals surface area contributed by atoms with Crippen LogP contribution >= 0.6 is 23.1 Å². The number of thioether (sulfide) groups is 1. The molecule has 0 fully saturated rings. The Morgan fingerprint density at radius 2 is 2.33 bits per heavy atom. The van der Waals surface area contributed by atoms with Crippen LogP contribution in [-0.2, 0) is 4.79 Å². The highest BCUT2D eigenvalue weighted by Gasteiger charge is 2.19. The number of fused-ring (bicyclic) bond motifs is 3. The summed E-state index contributed by atoms with van der Waals surface area (Å²) in [7, 11) is 0. The summed E-state index contributed by atoms with van der Waals surface area (Å²) in [6.07, 6.45) is 0. The van der Waals surface area contributed by atoms with E-state index in [0.29, 0.717) is 5.75 Å². The monoisotopic (exact) mass is 236 g/mol. The molecular formula is C10H8N2OS2. The van der Waals surface area contributed by atoms with Crippen LogP contribution in [0.4, 0.5) is 5.69 Å². The summed E-state index contributed by atoms with van der Waals surface area (Å²) in [5.74, 6) is 0.585. The molecule has 5 heteroatoms. The fourth-order valence-corrected chi connectivity index (χ4v) is 3.45. The van der Waals surface area contributed by atoms with Gasteiger partial charge in [0.1, 0.15) is 0 Å². The molecule has 0 spiro atoms. The lowest BCUT2D eigenvalue weighted by Crippen LogP contribution is -2.18. The number of nitrogens with zero attached hydrogens (tertiary/aromatic N) is 1. The van der Waals surface area contributed by atoms with Crippen molar-refractivity contribution < 1.29 is 4.79 Å². The van der Waals surface area contributed by atoms with Crippen LogP contribution in [0.5, 0.6) is 0 Å². The Bertz CT molecular complexity index is 562. The maximum Gasteiger partial charge on any atom is 0.234 e. The number of amides is 1. The number of hydrogen-bond donors (Lipinski definition) is 1. The van der Waals surface area contributed by atoms with E-state index in [9.17, 15) is 4.79 Å². The van der Waals surface area contributed by atoms with Crippen molar-refractivity contribution in [1.82, 2.24) is 4.98 Å². The van der Waals surface area contributed by atoms with Crippen molar-refractivity contribution in [2.75, 3.05) is 11.1 Å². The van der Waals surface area contributed by atoms with Gasteiger partial charge in [0.25, 0.3) is 0 Å². The molecule has 0 atom stereocenters. The van der Waals surface area contributed by atoms with Crippen LogP contribution in [0.15, 0.2) is 17.0 Å². The van der Waals surface area contributed by atoms with E-state index in [1.54, 1.807) is 23.1 Å². The molecule has 1 N–H and O–H groups in total. The van der Waals surface area contributed by atoms with E-state index in [2.05, 4.69) is 10.3 Å². The molecule has 2 heterocycles. The van der Waals surface area contributed by atoms with Gasteiger partial charge in [0.2, 0.25) is 5.91 Å². The van der Waals surface area contributed by atoms with Gasteiger partial charge in [-0.25, -0.2) is 4.98 Å². The van der Waals surface area contributed by atoms with E-state index in [4.69, 9.17) is 0 Å². The summed E-state index contributed by atoms with van der Waals surface area (Å²) >= 11 is 3.22. The largest absolute Gasteiger partial charge is 0.323 e. The first-order valence-electron chi connectivity index (χ1n) is 4.57. The van der Waals surface area contributed by atoms with E-state index in [0.717, 1.165) is 25.8 Å². The minimum atomic E-state index is 0.0750.